The van der Waals surface area contributed by atoms with Crippen LogP contribution in [0.15, 0.2) is 35.5 Å². The minimum absolute atomic E-state index is 0.108. The lowest BCUT2D eigenvalue weighted by Gasteiger charge is -2.34. The zero-order valence-electron chi connectivity index (χ0n) is 11.8. The van der Waals surface area contributed by atoms with E-state index in [1.54, 1.807) is 11.8 Å². The number of aromatic nitrogens is 3. The molecule has 1 aromatic heterocycles. The Balaban J connectivity index is 1.68. The molecular formula is C14H17N5OS. The number of piperazine rings is 1. The van der Waals surface area contributed by atoms with Crippen molar-refractivity contribution in [2.75, 3.05) is 37.3 Å². The number of anilines is 1. The van der Waals surface area contributed by atoms with Crippen LogP contribution in [-0.2, 0) is 0 Å². The lowest BCUT2D eigenvalue weighted by Crippen LogP contribution is -2.49. The third kappa shape index (κ3) is 2.87. The first-order valence-electron chi connectivity index (χ1n) is 6.82. The Morgan fingerprint density at radius 2 is 2.00 bits per heavy atom. The summed E-state index contributed by atoms with van der Waals surface area (Å²) in [5.41, 5.74) is 0.790. The van der Waals surface area contributed by atoms with E-state index in [4.69, 9.17) is 0 Å². The highest BCUT2D eigenvalue weighted by atomic mass is 32.2. The average Bonchev–Trinajstić information content (AvgIpc) is 3.09. The Hall–Kier alpha value is -2.02. The van der Waals surface area contributed by atoms with Crippen molar-refractivity contribution >= 4 is 23.6 Å². The zero-order valence-corrected chi connectivity index (χ0v) is 12.6. The Labute approximate surface area is 127 Å². The Morgan fingerprint density at radius 1 is 1.24 bits per heavy atom. The summed E-state index contributed by atoms with van der Waals surface area (Å²) in [5, 5.41) is 6.72. The van der Waals surface area contributed by atoms with Gasteiger partial charge in [0.1, 0.15) is 6.33 Å². The molecule has 1 aromatic carbocycles. The average molecular weight is 303 g/mol. The van der Waals surface area contributed by atoms with Crippen LogP contribution in [0.5, 0.6) is 0 Å². The quantitative estimate of drug-likeness (QED) is 0.870. The highest BCUT2D eigenvalue weighted by molar-refractivity contribution is 7.98. The van der Waals surface area contributed by atoms with Crippen molar-refractivity contribution in [2.45, 2.75) is 4.90 Å². The molecule has 3 rings (SSSR count). The number of amides is 1. The molecule has 1 fully saturated rings. The summed E-state index contributed by atoms with van der Waals surface area (Å²) in [6.45, 7) is 2.93. The van der Waals surface area contributed by atoms with Crippen LogP contribution in [0.1, 0.15) is 10.4 Å². The predicted molar refractivity (Wildman–Crippen MR) is 82.7 cm³/mol. The third-order valence-electron chi connectivity index (χ3n) is 3.61. The van der Waals surface area contributed by atoms with Crippen molar-refractivity contribution in [1.29, 1.82) is 0 Å². The summed E-state index contributed by atoms with van der Waals surface area (Å²) < 4.78 is 0. The topological polar surface area (TPSA) is 65.1 Å². The van der Waals surface area contributed by atoms with E-state index in [0.29, 0.717) is 13.1 Å². The normalized spacial score (nSPS) is 15.3. The number of aromatic amines is 1. The fraction of sp³-hybridized carbons (Fsp3) is 0.357. The molecule has 1 aliphatic rings. The molecule has 0 saturated carbocycles. The van der Waals surface area contributed by atoms with E-state index in [0.717, 1.165) is 29.5 Å². The second-order valence-electron chi connectivity index (χ2n) is 4.79. The molecule has 2 aromatic rings. The van der Waals surface area contributed by atoms with Crippen LogP contribution in [-0.4, -0.2) is 58.4 Å². The molecule has 1 aliphatic heterocycles. The summed E-state index contributed by atoms with van der Waals surface area (Å²) in [7, 11) is 0. The van der Waals surface area contributed by atoms with Crippen LogP contribution in [0.25, 0.3) is 0 Å². The van der Waals surface area contributed by atoms with Crippen molar-refractivity contribution in [2.24, 2.45) is 0 Å². The largest absolute Gasteiger partial charge is 0.338 e. The summed E-state index contributed by atoms with van der Waals surface area (Å²) in [5.74, 6) is 0.879. The standard InChI is InChI=1S/C14H17N5OS/c1-21-12-5-3-2-4-11(12)13(20)18-6-8-19(9-7-18)14-15-10-16-17-14/h2-5,10H,6-9H2,1H3,(H,15,16,17). The van der Waals surface area contributed by atoms with Gasteiger partial charge in [0.15, 0.2) is 0 Å². The third-order valence-corrected chi connectivity index (χ3v) is 4.40. The van der Waals surface area contributed by atoms with Crippen LogP contribution in [0.4, 0.5) is 5.95 Å². The van der Waals surface area contributed by atoms with Crippen molar-refractivity contribution in [1.82, 2.24) is 20.1 Å². The van der Waals surface area contributed by atoms with Crippen molar-refractivity contribution in [3.05, 3.63) is 36.2 Å². The van der Waals surface area contributed by atoms with Gasteiger partial charge in [0.2, 0.25) is 5.95 Å². The van der Waals surface area contributed by atoms with Gasteiger partial charge in [0.25, 0.3) is 5.91 Å². The Kier molecular flexibility index (Phi) is 4.10. The molecule has 6 nitrogen and oxygen atoms in total. The number of nitrogens with zero attached hydrogens (tertiary/aromatic N) is 4. The van der Waals surface area contributed by atoms with E-state index < -0.39 is 0 Å². The maximum atomic E-state index is 12.6. The number of H-pyrrole nitrogens is 1. The summed E-state index contributed by atoms with van der Waals surface area (Å²) in [6, 6.07) is 7.77. The molecule has 0 bridgehead atoms. The van der Waals surface area contributed by atoms with Crippen molar-refractivity contribution in [3.63, 3.8) is 0 Å². The van der Waals surface area contributed by atoms with Crippen LogP contribution in [0.3, 0.4) is 0 Å². The number of hydrogen-bond acceptors (Lipinski definition) is 5. The smallest absolute Gasteiger partial charge is 0.255 e. The van der Waals surface area contributed by atoms with Crippen LogP contribution >= 0.6 is 11.8 Å². The fourth-order valence-corrected chi connectivity index (χ4v) is 3.05. The van der Waals surface area contributed by atoms with Gasteiger partial charge >= 0.3 is 0 Å². The van der Waals surface area contributed by atoms with E-state index in [1.807, 2.05) is 35.4 Å². The molecule has 7 heteroatoms. The monoisotopic (exact) mass is 303 g/mol. The number of nitrogens with one attached hydrogen (secondary N) is 1. The van der Waals surface area contributed by atoms with Crippen molar-refractivity contribution in [3.8, 4) is 0 Å². The maximum Gasteiger partial charge on any atom is 0.255 e. The molecule has 1 N–H and O–H groups in total. The molecule has 0 unspecified atom stereocenters. The van der Waals surface area contributed by atoms with Crippen LogP contribution < -0.4 is 4.90 Å². The minimum atomic E-state index is 0.108. The number of hydrogen-bond donors (Lipinski definition) is 1. The number of carbonyl (C=O) groups excluding carboxylic acids is 1. The van der Waals surface area contributed by atoms with E-state index in [-0.39, 0.29) is 5.91 Å². The number of benzene rings is 1. The molecule has 1 saturated heterocycles. The molecule has 0 radical (unpaired) electrons. The van der Waals surface area contributed by atoms with Crippen molar-refractivity contribution < 1.29 is 4.79 Å². The molecule has 0 atom stereocenters. The first-order chi connectivity index (χ1) is 10.3. The number of carbonyl (C=O) groups is 1. The van der Waals surface area contributed by atoms with E-state index >= 15 is 0 Å². The summed E-state index contributed by atoms with van der Waals surface area (Å²) >= 11 is 1.61. The molecular weight excluding hydrogens is 286 g/mol. The second-order valence-corrected chi connectivity index (χ2v) is 5.64. The number of rotatable bonds is 3. The first-order valence-corrected chi connectivity index (χ1v) is 8.04. The lowest BCUT2D eigenvalue weighted by molar-refractivity contribution is 0.0743. The summed E-state index contributed by atoms with van der Waals surface area (Å²) in [6.07, 6.45) is 3.50. The SMILES string of the molecule is CSc1ccccc1C(=O)N1CCN(c2ncn[nH]2)CC1. The van der Waals surface area contributed by atoms with Gasteiger partial charge in [-0.25, -0.2) is 5.10 Å². The van der Waals surface area contributed by atoms with Crippen LogP contribution in [0.2, 0.25) is 0 Å². The van der Waals surface area contributed by atoms with Gasteiger partial charge < -0.3 is 9.80 Å². The fourth-order valence-electron chi connectivity index (χ4n) is 2.46. The number of thioether (sulfide) groups is 1. The lowest BCUT2D eigenvalue weighted by atomic mass is 10.2. The van der Waals surface area contributed by atoms with Gasteiger partial charge in [0.05, 0.1) is 5.56 Å². The van der Waals surface area contributed by atoms with E-state index in [9.17, 15) is 4.79 Å². The highest BCUT2D eigenvalue weighted by Crippen LogP contribution is 2.22. The molecule has 1 amide bonds. The van der Waals surface area contributed by atoms with Gasteiger partial charge in [-0.15, -0.1) is 11.8 Å². The predicted octanol–water partition coefficient (Wildman–Crippen LogP) is 1.49. The van der Waals surface area contributed by atoms with Gasteiger partial charge in [-0.2, -0.15) is 10.1 Å². The van der Waals surface area contributed by atoms with Crippen LogP contribution in [0, 0.1) is 0 Å². The van der Waals surface area contributed by atoms with E-state index in [2.05, 4.69) is 20.1 Å². The molecule has 21 heavy (non-hydrogen) atoms. The molecule has 2 heterocycles. The van der Waals surface area contributed by atoms with E-state index in [1.165, 1.54) is 6.33 Å². The highest BCUT2D eigenvalue weighted by Gasteiger charge is 2.24. The van der Waals surface area contributed by atoms with Gasteiger partial charge in [-0.3, -0.25) is 4.79 Å². The Morgan fingerprint density at radius 3 is 2.67 bits per heavy atom. The molecule has 0 aliphatic carbocycles. The Bertz CT molecular complexity index is 608. The summed E-state index contributed by atoms with van der Waals surface area (Å²) in [4.78, 5) is 21.8. The molecule has 0 spiro atoms. The van der Waals surface area contributed by atoms with Gasteiger partial charge in [-0.05, 0) is 18.4 Å². The second kappa shape index (κ2) is 6.17. The minimum Gasteiger partial charge on any atom is -0.338 e. The van der Waals surface area contributed by atoms with Gasteiger partial charge in [0, 0.05) is 31.1 Å². The zero-order chi connectivity index (χ0) is 14.7. The first kappa shape index (κ1) is 13.9. The maximum absolute atomic E-state index is 12.6. The molecule has 110 valence electrons. The van der Waals surface area contributed by atoms with Gasteiger partial charge in [-0.1, -0.05) is 12.1 Å².